The number of amides is 2. The summed E-state index contributed by atoms with van der Waals surface area (Å²) in [6.45, 7) is 6.65. The third-order valence-corrected chi connectivity index (χ3v) is 4.93. The van der Waals surface area contributed by atoms with Gasteiger partial charge in [-0.05, 0) is 39.0 Å². The van der Waals surface area contributed by atoms with E-state index < -0.39 is 11.7 Å². The summed E-state index contributed by atoms with van der Waals surface area (Å²) in [5, 5.41) is 3.53. The number of nitrogens with zero attached hydrogens (tertiary/aromatic N) is 2. The molecule has 1 heterocycles. The van der Waals surface area contributed by atoms with Crippen LogP contribution >= 0.6 is 0 Å². The molecule has 150 valence electrons. The minimum Gasteiger partial charge on any atom is -0.337 e. The topological polar surface area (TPSA) is 71.4 Å². The van der Waals surface area contributed by atoms with E-state index >= 15 is 0 Å². The third-order valence-electron chi connectivity index (χ3n) is 4.93. The van der Waals surface area contributed by atoms with Crippen LogP contribution in [0.4, 0.5) is 5.69 Å². The second-order valence-corrected chi connectivity index (χ2v) is 6.91. The van der Waals surface area contributed by atoms with Gasteiger partial charge >= 0.3 is 0 Å². The Morgan fingerprint density at radius 1 is 0.966 bits per heavy atom. The molecule has 0 aliphatic heterocycles. The molecule has 1 N–H and O–H groups in total. The molecule has 0 bridgehead atoms. The maximum atomic E-state index is 12.8. The zero-order chi connectivity index (χ0) is 21.0. The van der Waals surface area contributed by atoms with Gasteiger partial charge in [0.05, 0.1) is 5.56 Å². The number of Topliss-reactive ketones (excluding diaryl/α,β-unsaturated/α-hetero) is 1. The van der Waals surface area contributed by atoms with Gasteiger partial charge in [0.25, 0.3) is 11.7 Å². The Morgan fingerprint density at radius 2 is 1.62 bits per heavy atom. The fourth-order valence-electron chi connectivity index (χ4n) is 3.32. The summed E-state index contributed by atoms with van der Waals surface area (Å²) < 4.78 is 1.71. The molecular weight excluding hydrogens is 366 g/mol. The Bertz CT molecular complexity index is 1050. The predicted molar refractivity (Wildman–Crippen MR) is 114 cm³/mol. The predicted octanol–water partition coefficient (Wildman–Crippen LogP) is 3.64. The van der Waals surface area contributed by atoms with Gasteiger partial charge < -0.3 is 14.8 Å². The van der Waals surface area contributed by atoms with Gasteiger partial charge in [0.2, 0.25) is 5.91 Å². The number of anilines is 1. The molecule has 0 radical (unpaired) electrons. The zero-order valence-corrected chi connectivity index (χ0v) is 16.9. The number of aromatic nitrogens is 1. The van der Waals surface area contributed by atoms with Crippen LogP contribution in [0.2, 0.25) is 0 Å². The number of fused-ring (bicyclic) bond motifs is 1. The van der Waals surface area contributed by atoms with Crippen LogP contribution in [0.15, 0.2) is 54.7 Å². The van der Waals surface area contributed by atoms with E-state index in [-0.39, 0.29) is 12.5 Å². The normalized spacial score (nSPS) is 10.7. The second kappa shape index (κ2) is 8.73. The van der Waals surface area contributed by atoms with Crippen LogP contribution in [0.3, 0.4) is 0 Å². The lowest BCUT2D eigenvalue weighted by molar-refractivity contribution is -0.126. The van der Waals surface area contributed by atoms with Gasteiger partial charge in [-0.25, -0.2) is 0 Å². The molecule has 0 aliphatic carbocycles. The fourth-order valence-corrected chi connectivity index (χ4v) is 3.32. The van der Waals surface area contributed by atoms with E-state index in [1.165, 1.54) is 4.90 Å². The number of likely N-dealkylation sites (N-methyl/N-ethyl adjacent to an activating group) is 1. The maximum Gasteiger partial charge on any atom is 0.295 e. The van der Waals surface area contributed by atoms with E-state index in [1.807, 2.05) is 63.2 Å². The minimum absolute atomic E-state index is 0.0428. The van der Waals surface area contributed by atoms with Crippen molar-refractivity contribution >= 4 is 34.2 Å². The lowest BCUT2D eigenvalue weighted by atomic mass is 10.1. The number of hydrogen-bond donors (Lipinski definition) is 1. The summed E-state index contributed by atoms with van der Waals surface area (Å²) in [5.41, 5.74) is 2.88. The van der Waals surface area contributed by atoms with Crippen molar-refractivity contribution in [2.24, 2.45) is 0 Å². The van der Waals surface area contributed by atoms with E-state index in [0.717, 1.165) is 11.1 Å². The molecule has 0 atom stereocenters. The van der Waals surface area contributed by atoms with Gasteiger partial charge in [0, 0.05) is 35.9 Å². The number of hydrogen-bond acceptors (Lipinski definition) is 3. The van der Waals surface area contributed by atoms with Gasteiger partial charge in [-0.2, -0.15) is 0 Å². The molecular formula is C23H25N3O3. The molecule has 3 aromatic rings. The molecule has 0 unspecified atom stereocenters. The SMILES string of the molecule is CCN(CC)C(=O)C(=O)c1cn(CC(=O)Nc2ccc(C)cc2)c2ccccc12. The summed E-state index contributed by atoms with van der Waals surface area (Å²) in [6.07, 6.45) is 1.60. The first-order chi connectivity index (χ1) is 13.9. The Labute approximate surface area is 170 Å². The maximum absolute atomic E-state index is 12.8. The van der Waals surface area contributed by atoms with Crippen LogP contribution in [0, 0.1) is 6.92 Å². The van der Waals surface area contributed by atoms with Crippen LogP contribution in [0.1, 0.15) is 29.8 Å². The number of benzene rings is 2. The van der Waals surface area contributed by atoms with Crippen LogP contribution in [0.25, 0.3) is 10.9 Å². The molecule has 29 heavy (non-hydrogen) atoms. The molecule has 0 spiro atoms. The smallest absolute Gasteiger partial charge is 0.295 e. The fraction of sp³-hybridized carbons (Fsp3) is 0.261. The number of ketones is 1. The summed E-state index contributed by atoms with van der Waals surface area (Å²) in [5.74, 6) is -1.28. The van der Waals surface area contributed by atoms with Gasteiger partial charge in [-0.15, -0.1) is 0 Å². The highest BCUT2D eigenvalue weighted by atomic mass is 16.2. The van der Waals surface area contributed by atoms with Crippen LogP contribution < -0.4 is 5.32 Å². The highest BCUT2D eigenvalue weighted by molar-refractivity contribution is 6.44. The minimum atomic E-state index is -0.553. The average Bonchev–Trinajstić information content (AvgIpc) is 3.08. The van der Waals surface area contributed by atoms with Crippen molar-refractivity contribution in [3.63, 3.8) is 0 Å². The van der Waals surface area contributed by atoms with Crippen LogP contribution in [-0.2, 0) is 16.1 Å². The van der Waals surface area contributed by atoms with Crippen molar-refractivity contribution in [3.8, 4) is 0 Å². The molecule has 6 heteroatoms. The van der Waals surface area contributed by atoms with Crippen molar-refractivity contribution in [2.75, 3.05) is 18.4 Å². The monoisotopic (exact) mass is 391 g/mol. The second-order valence-electron chi connectivity index (χ2n) is 6.91. The van der Waals surface area contributed by atoms with Gasteiger partial charge in [0.15, 0.2) is 0 Å². The Morgan fingerprint density at radius 3 is 2.28 bits per heavy atom. The molecule has 0 saturated carbocycles. The van der Waals surface area contributed by atoms with E-state index in [9.17, 15) is 14.4 Å². The Balaban J connectivity index is 1.87. The molecule has 2 aromatic carbocycles. The van der Waals surface area contributed by atoms with Crippen LogP contribution in [0.5, 0.6) is 0 Å². The number of carbonyl (C=O) groups is 3. The van der Waals surface area contributed by atoms with Crippen molar-refractivity contribution in [1.29, 1.82) is 0 Å². The lowest BCUT2D eigenvalue weighted by Gasteiger charge is -2.17. The Kier molecular flexibility index (Phi) is 6.12. The van der Waals surface area contributed by atoms with Crippen molar-refractivity contribution in [3.05, 3.63) is 65.9 Å². The van der Waals surface area contributed by atoms with Crippen molar-refractivity contribution < 1.29 is 14.4 Å². The van der Waals surface area contributed by atoms with Gasteiger partial charge in [0.1, 0.15) is 6.54 Å². The summed E-state index contributed by atoms with van der Waals surface area (Å²) in [6, 6.07) is 14.8. The van der Waals surface area contributed by atoms with Crippen molar-refractivity contribution in [2.45, 2.75) is 27.3 Å². The molecule has 1 aromatic heterocycles. The van der Waals surface area contributed by atoms with E-state index in [1.54, 1.807) is 16.8 Å². The highest BCUT2D eigenvalue weighted by Crippen LogP contribution is 2.23. The number of nitrogens with one attached hydrogen (secondary N) is 1. The summed E-state index contributed by atoms with van der Waals surface area (Å²) in [4.78, 5) is 39.4. The summed E-state index contributed by atoms with van der Waals surface area (Å²) >= 11 is 0. The van der Waals surface area contributed by atoms with Crippen LogP contribution in [-0.4, -0.2) is 40.2 Å². The molecule has 2 amide bonds. The number of para-hydroxylation sites is 1. The number of aryl methyl sites for hydroxylation is 1. The molecule has 0 aliphatic rings. The average molecular weight is 391 g/mol. The first kappa shape index (κ1) is 20.3. The molecule has 0 fully saturated rings. The molecule has 0 saturated heterocycles. The van der Waals surface area contributed by atoms with Crippen molar-refractivity contribution in [1.82, 2.24) is 9.47 Å². The standard InChI is InChI=1S/C23H25N3O3/c1-4-25(5-2)23(29)22(28)19-14-26(20-9-7-6-8-18(19)20)15-21(27)24-17-12-10-16(3)11-13-17/h6-14H,4-5,15H2,1-3H3,(H,24,27). The molecule has 6 nitrogen and oxygen atoms in total. The largest absolute Gasteiger partial charge is 0.337 e. The lowest BCUT2D eigenvalue weighted by Crippen LogP contribution is -2.36. The number of rotatable bonds is 7. The van der Waals surface area contributed by atoms with E-state index in [4.69, 9.17) is 0 Å². The first-order valence-electron chi connectivity index (χ1n) is 9.72. The third kappa shape index (κ3) is 4.37. The van der Waals surface area contributed by atoms with Gasteiger partial charge in [-0.3, -0.25) is 14.4 Å². The Hall–Kier alpha value is -3.41. The van der Waals surface area contributed by atoms with Gasteiger partial charge in [-0.1, -0.05) is 35.9 Å². The quantitative estimate of drug-likeness (QED) is 0.494. The molecule has 3 rings (SSSR count). The van der Waals surface area contributed by atoms with E-state index in [0.29, 0.717) is 29.7 Å². The first-order valence-corrected chi connectivity index (χ1v) is 9.72. The highest BCUT2D eigenvalue weighted by Gasteiger charge is 2.25. The number of carbonyl (C=O) groups excluding carboxylic acids is 3. The van der Waals surface area contributed by atoms with E-state index in [2.05, 4.69) is 5.32 Å². The summed E-state index contributed by atoms with van der Waals surface area (Å²) in [7, 11) is 0. The zero-order valence-electron chi connectivity index (χ0n) is 16.9.